The molecule has 0 spiro atoms. The van der Waals surface area contributed by atoms with Gasteiger partial charge in [0.1, 0.15) is 5.76 Å². The number of benzene rings is 1. The largest absolute Gasteiger partial charge is 0.361 e. The van der Waals surface area contributed by atoms with Crippen molar-refractivity contribution in [2.24, 2.45) is 4.99 Å². The Bertz CT molecular complexity index is 849. The first-order chi connectivity index (χ1) is 11.5. The fraction of sp³-hybridized carbons (Fsp3) is 0.333. The third-order valence-electron chi connectivity index (χ3n) is 4.17. The van der Waals surface area contributed by atoms with Crippen molar-refractivity contribution < 1.29 is 14.1 Å². The van der Waals surface area contributed by atoms with Gasteiger partial charge in [0.05, 0.1) is 28.6 Å². The van der Waals surface area contributed by atoms with Gasteiger partial charge in [0, 0.05) is 14.1 Å². The van der Waals surface area contributed by atoms with Crippen LogP contribution in [0.2, 0.25) is 0 Å². The molecule has 0 unspecified atom stereocenters. The van der Waals surface area contributed by atoms with Crippen LogP contribution in [0, 0.1) is 6.92 Å². The quantitative estimate of drug-likeness (QED) is 0.809. The van der Waals surface area contributed by atoms with E-state index in [0.717, 1.165) is 16.8 Å². The van der Waals surface area contributed by atoms with Crippen molar-refractivity contribution in [1.82, 2.24) is 10.1 Å². The lowest BCUT2D eigenvalue weighted by molar-refractivity contribution is -0.142. The maximum atomic E-state index is 12.8. The second-order valence-electron chi connectivity index (χ2n) is 5.97. The van der Waals surface area contributed by atoms with Crippen molar-refractivity contribution in [2.75, 3.05) is 14.1 Å². The Hall–Kier alpha value is -2.76. The number of carbonyl (C=O) groups is 2. The summed E-state index contributed by atoms with van der Waals surface area (Å²) in [5, 5.41) is 4.05. The minimum atomic E-state index is -0.723. The zero-order valence-electron chi connectivity index (χ0n) is 14.2. The maximum absolute atomic E-state index is 12.8. The normalized spacial score (nSPS) is 15.8. The molecule has 1 aliphatic heterocycles. The Morgan fingerprint density at radius 1 is 1.25 bits per heavy atom. The molecule has 1 atom stereocenters. The molecule has 1 amide bonds. The molecule has 0 saturated heterocycles. The number of carbonyl (C=O) groups excluding carboxylic acids is 2. The zero-order valence-corrected chi connectivity index (χ0v) is 14.2. The van der Waals surface area contributed by atoms with Crippen molar-refractivity contribution in [3.05, 3.63) is 46.8 Å². The smallest absolute Gasteiger partial charge is 0.290 e. The van der Waals surface area contributed by atoms with E-state index in [9.17, 15) is 9.59 Å². The van der Waals surface area contributed by atoms with Crippen LogP contribution in [0.15, 0.2) is 33.8 Å². The monoisotopic (exact) mass is 325 g/mol. The van der Waals surface area contributed by atoms with Crippen LogP contribution in [0.3, 0.4) is 0 Å². The SMILES string of the molecule is CCc1noc(C)c1C1=Nc2ccccc2[C@H]1C(=O)C(=O)N(C)C. The fourth-order valence-corrected chi connectivity index (χ4v) is 2.97. The molecule has 1 aliphatic rings. The Morgan fingerprint density at radius 3 is 2.62 bits per heavy atom. The summed E-state index contributed by atoms with van der Waals surface area (Å²) in [4.78, 5) is 31.0. The molecule has 124 valence electrons. The molecule has 0 radical (unpaired) electrons. The maximum Gasteiger partial charge on any atom is 0.290 e. The summed E-state index contributed by atoms with van der Waals surface area (Å²) in [6.45, 7) is 3.76. The van der Waals surface area contributed by atoms with E-state index in [1.165, 1.54) is 4.90 Å². The van der Waals surface area contributed by atoms with E-state index < -0.39 is 17.6 Å². The van der Waals surface area contributed by atoms with Crippen LogP contribution in [0.5, 0.6) is 0 Å². The molecule has 0 N–H and O–H groups in total. The standard InChI is InChI=1S/C18H19N3O3/c1-5-12-14(10(2)24-20-12)16-15(17(22)18(23)21(3)4)11-8-6-7-9-13(11)19-16/h6-9,15H,5H2,1-4H3/t15-/m1/s1. The number of Topliss-reactive ketones (excluding diaryl/α,β-unsaturated/α-hetero) is 1. The first-order valence-corrected chi connectivity index (χ1v) is 7.84. The van der Waals surface area contributed by atoms with Gasteiger partial charge in [0.25, 0.3) is 5.91 Å². The zero-order chi connectivity index (χ0) is 17.4. The number of rotatable bonds is 4. The van der Waals surface area contributed by atoms with Crippen molar-refractivity contribution in [1.29, 1.82) is 0 Å². The lowest BCUT2D eigenvalue weighted by Crippen LogP contribution is -2.36. The number of amides is 1. The molecule has 6 nitrogen and oxygen atoms in total. The van der Waals surface area contributed by atoms with Crippen LogP contribution in [-0.2, 0) is 16.0 Å². The Balaban J connectivity index is 2.16. The van der Waals surface area contributed by atoms with Crippen molar-refractivity contribution in [2.45, 2.75) is 26.2 Å². The Morgan fingerprint density at radius 2 is 1.96 bits per heavy atom. The van der Waals surface area contributed by atoms with Crippen LogP contribution < -0.4 is 0 Å². The van der Waals surface area contributed by atoms with E-state index in [1.54, 1.807) is 21.0 Å². The minimum Gasteiger partial charge on any atom is -0.361 e. The first-order valence-electron chi connectivity index (χ1n) is 7.84. The molecule has 0 bridgehead atoms. The molecule has 0 aliphatic carbocycles. The van der Waals surface area contributed by atoms with Crippen LogP contribution >= 0.6 is 0 Å². The lowest BCUT2D eigenvalue weighted by atomic mass is 9.86. The predicted molar refractivity (Wildman–Crippen MR) is 89.7 cm³/mol. The molecule has 1 aromatic heterocycles. The van der Waals surface area contributed by atoms with E-state index in [-0.39, 0.29) is 0 Å². The van der Waals surface area contributed by atoms with Gasteiger partial charge in [-0.05, 0) is 25.0 Å². The van der Waals surface area contributed by atoms with Crippen molar-refractivity contribution >= 4 is 23.1 Å². The summed E-state index contributed by atoms with van der Waals surface area (Å²) >= 11 is 0. The molecule has 1 aromatic carbocycles. The van der Waals surface area contributed by atoms with Gasteiger partial charge in [0.15, 0.2) is 0 Å². The number of hydrogen-bond acceptors (Lipinski definition) is 5. The van der Waals surface area contributed by atoms with Crippen molar-refractivity contribution in [3.63, 3.8) is 0 Å². The lowest BCUT2D eigenvalue weighted by Gasteiger charge is -2.16. The van der Waals surface area contributed by atoms with E-state index in [4.69, 9.17) is 4.52 Å². The number of nitrogens with zero attached hydrogens (tertiary/aromatic N) is 3. The van der Waals surface area contributed by atoms with Gasteiger partial charge in [0.2, 0.25) is 5.78 Å². The topological polar surface area (TPSA) is 75.8 Å². The second kappa shape index (κ2) is 6.03. The van der Waals surface area contributed by atoms with Gasteiger partial charge in [-0.25, -0.2) is 0 Å². The predicted octanol–water partition coefficient (Wildman–Crippen LogP) is 2.42. The van der Waals surface area contributed by atoms with Gasteiger partial charge in [-0.15, -0.1) is 0 Å². The second-order valence-corrected chi connectivity index (χ2v) is 5.97. The molecule has 3 rings (SSSR count). The summed E-state index contributed by atoms with van der Waals surface area (Å²) in [6.07, 6.45) is 0.657. The summed E-state index contributed by atoms with van der Waals surface area (Å²) in [5.41, 5.74) is 3.48. The third kappa shape index (κ3) is 2.44. The number of aromatic nitrogens is 1. The Labute approximate surface area is 140 Å². The summed E-state index contributed by atoms with van der Waals surface area (Å²) in [6, 6.07) is 7.39. The molecule has 0 saturated carbocycles. The highest BCUT2D eigenvalue weighted by molar-refractivity contribution is 6.44. The molecule has 2 heterocycles. The molecule has 24 heavy (non-hydrogen) atoms. The summed E-state index contributed by atoms with van der Waals surface area (Å²) in [5.74, 6) is -1.16. The van der Waals surface area contributed by atoms with Crippen LogP contribution in [-0.4, -0.2) is 41.6 Å². The Kier molecular flexibility index (Phi) is 4.05. The number of para-hydroxylation sites is 1. The number of ketones is 1. The average Bonchev–Trinajstić information content (AvgIpc) is 3.12. The van der Waals surface area contributed by atoms with E-state index >= 15 is 0 Å². The molecule has 0 fully saturated rings. The van der Waals surface area contributed by atoms with E-state index in [2.05, 4.69) is 10.1 Å². The van der Waals surface area contributed by atoms with Crippen LogP contribution in [0.4, 0.5) is 5.69 Å². The summed E-state index contributed by atoms with van der Waals surface area (Å²) in [7, 11) is 3.14. The van der Waals surface area contributed by atoms with Gasteiger partial charge < -0.3 is 9.42 Å². The van der Waals surface area contributed by atoms with Gasteiger partial charge in [-0.2, -0.15) is 0 Å². The van der Waals surface area contributed by atoms with Gasteiger partial charge >= 0.3 is 0 Å². The molecule has 6 heteroatoms. The van der Waals surface area contributed by atoms with Crippen LogP contribution in [0.25, 0.3) is 0 Å². The van der Waals surface area contributed by atoms with Crippen molar-refractivity contribution in [3.8, 4) is 0 Å². The van der Waals surface area contributed by atoms with Gasteiger partial charge in [-0.1, -0.05) is 30.3 Å². The minimum absolute atomic E-state index is 0.494. The van der Waals surface area contributed by atoms with Crippen LogP contribution in [0.1, 0.15) is 35.4 Å². The summed E-state index contributed by atoms with van der Waals surface area (Å²) < 4.78 is 5.30. The third-order valence-corrected chi connectivity index (χ3v) is 4.17. The molecular weight excluding hydrogens is 306 g/mol. The number of aliphatic imine (C=N–C) groups is 1. The average molecular weight is 325 g/mol. The van der Waals surface area contributed by atoms with Gasteiger partial charge in [-0.3, -0.25) is 14.6 Å². The molecular formula is C18H19N3O3. The highest BCUT2D eigenvalue weighted by atomic mass is 16.5. The number of fused-ring (bicyclic) bond motifs is 1. The number of likely N-dealkylation sites (N-methyl/N-ethyl adjacent to an activating group) is 1. The van der Waals surface area contributed by atoms with E-state index in [1.807, 2.05) is 31.2 Å². The fourth-order valence-electron chi connectivity index (χ4n) is 2.97. The number of hydrogen-bond donors (Lipinski definition) is 0. The highest BCUT2D eigenvalue weighted by Gasteiger charge is 2.40. The highest BCUT2D eigenvalue weighted by Crippen LogP contribution is 2.39. The number of aryl methyl sites for hydroxylation is 2. The first kappa shape index (κ1) is 16.1. The van der Waals surface area contributed by atoms with E-state index in [0.29, 0.717) is 23.6 Å². The molecule has 2 aromatic rings.